The van der Waals surface area contributed by atoms with Crippen LogP contribution >= 0.6 is 11.3 Å². The van der Waals surface area contributed by atoms with Crippen LogP contribution in [0.15, 0.2) is 36.5 Å². The molecule has 0 spiro atoms. The Bertz CT molecular complexity index is 1310. The highest BCUT2D eigenvalue weighted by molar-refractivity contribution is 7.17. The van der Waals surface area contributed by atoms with Crippen LogP contribution in [0.4, 0.5) is 15.7 Å². The van der Waals surface area contributed by atoms with Gasteiger partial charge in [-0.3, -0.25) is 4.90 Å². The van der Waals surface area contributed by atoms with Gasteiger partial charge >= 0.3 is 12.1 Å². The van der Waals surface area contributed by atoms with E-state index in [9.17, 15) is 9.59 Å². The third-order valence-electron chi connectivity index (χ3n) is 6.12. The number of likely N-dealkylation sites (tertiary alicyclic amines) is 1. The maximum Gasteiger partial charge on any atom is 0.407 e. The molecule has 3 aromatic rings. The number of methoxy groups -OCH3 is 1. The number of amides is 1. The number of esters is 1. The van der Waals surface area contributed by atoms with E-state index < -0.39 is 17.7 Å². The fourth-order valence-electron chi connectivity index (χ4n) is 4.47. The SMILES string of the molecule is COC(=O)c1cnc(Nc2cc(C)nc(C3CCCCN3Cc3cccc(CNC(=O)OC(C)(C)C)c3)n2)s1. The molecule has 0 aliphatic carbocycles. The Morgan fingerprint density at radius 1 is 1.15 bits per heavy atom. The van der Waals surface area contributed by atoms with Crippen LogP contribution in [0.2, 0.25) is 0 Å². The van der Waals surface area contributed by atoms with Gasteiger partial charge in [0.25, 0.3) is 0 Å². The first-order valence-electron chi connectivity index (χ1n) is 13.0. The second kappa shape index (κ2) is 12.5. The summed E-state index contributed by atoms with van der Waals surface area (Å²) < 4.78 is 10.1. The van der Waals surface area contributed by atoms with Crippen molar-refractivity contribution in [2.75, 3.05) is 19.0 Å². The summed E-state index contributed by atoms with van der Waals surface area (Å²) in [4.78, 5) is 40.6. The van der Waals surface area contributed by atoms with Gasteiger partial charge in [0.15, 0.2) is 5.13 Å². The summed E-state index contributed by atoms with van der Waals surface area (Å²) in [6.07, 6.45) is 4.25. The van der Waals surface area contributed by atoms with Gasteiger partial charge < -0.3 is 20.1 Å². The lowest BCUT2D eigenvalue weighted by Gasteiger charge is -2.35. The number of nitrogens with one attached hydrogen (secondary N) is 2. The van der Waals surface area contributed by atoms with Crippen LogP contribution in [0, 0.1) is 6.92 Å². The number of hydrogen-bond acceptors (Lipinski definition) is 10. The van der Waals surface area contributed by atoms with Gasteiger partial charge in [0, 0.05) is 24.8 Å². The second-order valence-corrected chi connectivity index (χ2v) is 11.6. The lowest BCUT2D eigenvalue weighted by molar-refractivity contribution is 0.0522. The molecule has 11 heteroatoms. The molecule has 39 heavy (non-hydrogen) atoms. The first-order valence-corrected chi connectivity index (χ1v) is 13.9. The maximum atomic E-state index is 12.1. The molecule has 4 rings (SSSR count). The van der Waals surface area contributed by atoms with Crippen LogP contribution in [0.25, 0.3) is 0 Å². The van der Waals surface area contributed by atoms with Crippen molar-refractivity contribution in [3.8, 4) is 0 Å². The molecule has 10 nitrogen and oxygen atoms in total. The van der Waals surface area contributed by atoms with Crippen molar-refractivity contribution in [3.05, 3.63) is 64.1 Å². The molecule has 0 radical (unpaired) electrons. The van der Waals surface area contributed by atoms with Gasteiger partial charge in [-0.1, -0.05) is 42.0 Å². The molecule has 1 aromatic carbocycles. The van der Waals surface area contributed by atoms with E-state index in [4.69, 9.17) is 19.4 Å². The summed E-state index contributed by atoms with van der Waals surface area (Å²) in [6, 6.07) is 10.2. The van der Waals surface area contributed by atoms with Crippen LogP contribution in [-0.2, 0) is 22.6 Å². The highest BCUT2D eigenvalue weighted by Crippen LogP contribution is 2.32. The number of aromatic nitrogens is 3. The number of carbonyl (C=O) groups is 2. The average Bonchev–Trinajstić information content (AvgIpc) is 3.34. The van der Waals surface area contributed by atoms with Crippen LogP contribution in [0.3, 0.4) is 0 Å². The van der Waals surface area contributed by atoms with E-state index >= 15 is 0 Å². The molecule has 208 valence electrons. The topological polar surface area (TPSA) is 119 Å². The van der Waals surface area contributed by atoms with E-state index in [2.05, 4.69) is 32.7 Å². The minimum Gasteiger partial charge on any atom is -0.465 e. The quantitative estimate of drug-likeness (QED) is 0.348. The fraction of sp³-hybridized carbons (Fsp3) is 0.464. The third-order valence-corrected chi connectivity index (χ3v) is 7.02. The summed E-state index contributed by atoms with van der Waals surface area (Å²) >= 11 is 1.22. The van der Waals surface area contributed by atoms with E-state index in [1.165, 1.54) is 24.6 Å². The van der Waals surface area contributed by atoms with Gasteiger partial charge in [-0.05, 0) is 58.2 Å². The van der Waals surface area contributed by atoms with Crippen molar-refractivity contribution < 1.29 is 19.1 Å². The van der Waals surface area contributed by atoms with Crippen LogP contribution in [0.5, 0.6) is 0 Å². The first kappa shape index (κ1) is 28.4. The number of carbonyl (C=O) groups excluding carboxylic acids is 2. The predicted octanol–water partition coefficient (Wildman–Crippen LogP) is 5.52. The van der Waals surface area contributed by atoms with E-state index in [-0.39, 0.29) is 6.04 Å². The Balaban J connectivity index is 1.45. The Kier molecular flexibility index (Phi) is 9.13. The number of thiazole rings is 1. The van der Waals surface area contributed by atoms with Crippen molar-refractivity contribution >= 4 is 34.3 Å². The van der Waals surface area contributed by atoms with Crippen molar-refractivity contribution in [1.29, 1.82) is 0 Å². The van der Waals surface area contributed by atoms with E-state index in [0.717, 1.165) is 55.0 Å². The van der Waals surface area contributed by atoms with E-state index in [1.54, 1.807) is 0 Å². The smallest absolute Gasteiger partial charge is 0.407 e. The summed E-state index contributed by atoms with van der Waals surface area (Å²) in [6.45, 7) is 9.58. The van der Waals surface area contributed by atoms with Crippen molar-refractivity contribution in [2.45, 2.75) is 71.7 Å². The molecule has 1 unspecified atom stereocenters. The zero-order valence-corrected chi connectivity index (χ0v) is 23.9. The Labute approximate surface area is 233 Å². The van der Waals surface area contributed by atoms with Crippen molar-refractivity contribution in [3.63, 3.8) is 0 Å². The molecule has 3 heterocycles. The van der Waals surface area contributed by atoms with Crippen LogP contribution < -0.4 is 10.6 Å². The largest absolute Gasteiger partial charge is 0.465 e. The minimum absolute atomic E-state index is 0.0738. The number of piperidine rings is 1. The molecule has 2 aromatic heterocycles. The highest BCUT2D eigenvalue weighted by Gasteiger charge is 2.27. The van der Waals surface area contributed by atoms with Gasteiger partial charge in [0.2, 0.25) is 0 Å². The molecule has 1 aliphatic heterocycles. The van der Waals surface area contributed by atoms with Crippen molar-refractivity contribution in [2.24, 2.45) is 0 Å². The van der Waals surface area contributed by atoms with Crippen LogP contribution in [0.1, 0.15) is 78.4 Å². The van der Waals surface area contributed by atoms with Gasteiger partial charge in [-0.15, -0.1) is 0 Å². The van der Waals surface area contributed by atoms with Gasteiger partial charge in [-0.2, -0.15) is 0 Å². The molecule has 1 aliphatic rings. The molecule has 0 saturated carbocycles. The molecular formula is C28H36N6O4S. The molecule has 1 fully saturated rings. The Morgan fingerprint density at radius 2 is 1.95 bits per heavy atom. The molecule has 0 bridgehead atoms. The minimum atomic E-state index is -0.533. The second-order valence-electron chi connectivity index (χ2n) is 10.6. The monoisotopic (exact) mass is 552 g/mol. The zero-order valence-electron chi connectivity index (χ0n) is 23.1. The van der Waals surface area contributed by atoms with Gasteiger partial charge in [0.05, 0.1) is 19.3 Å². The molecule has 1 saturated heterocycles. The number of nitrogens with zero attached hydrogens (tertiary/aromatic N) is 4. The lowest BCUT2D eigenvalue weighted by atomic mass is 10.00. The molecule has 2 N–H and O–H groups in total. The lowest BCUT2D eigenvalue weighted by Crippen LogP contribution is -2.34. The fourth-order valence-corrected chi connectivity index (χ4v) is 5.22. The molecular weight excluding hydrogens is 516 g/mol. The predicted molar refractivity (Wildman–Crippen MR) is 150 cm³/mol. The Hall–Kier alpha value is -3.57. The van der Waals surface area contributed by atoms with E-state index in [1.807, 2.05) is 45.9 Å². The first-order chi connectivity index (χ1) is 18.6. The Morgan fingerprint density at radius 3 is 2.72 bits per heavy atom. The van der Waals surface area contributed by atoms with Gasteiger partial charge in [0.1, 0.15) is 22.1 Å². The van der Waals surface area contributed by atoms with Crippen molar-refractivity contribution in [1.82, 2.24) is 25.2 Å². The zero-order chi connectivity index (χ0) is 28.0. The summed E-state index contributed by atoms with van der Waals surface area (Å²) in [5, 5.41) is 6.62. The highest BCUT2D eigenvalue weighted by atomic mass is 32.1. The standard InChI is InChI=1S/C28H36N6O4S/c1-18-13-23(33-26-29-16-22(39-26)25(35)37-5)32-24(31-18)21-11-6-7-12-34(21)17-20-10-8-9-19(14-20)15-30-27(36)38-28(2,3)4/h8-10,13-14,16,21H,6-7,11-12,15,17H2,1-5H3,(H,30,36)(H,29,31,32,33). The summed E-state index contributed by atoms with van der Waals surface area (Å²) in [5.41, 5.74) is 2.50. The number of alkyl carbamates (subject to hydrolysis) is 1. The van der Waals surface area contributed by atoms with Gasteiger partial charge in [-0.25, -0.2) is 24.5 Å². The number of rotatable bonds is 8. The summed E-state index contributed by atoms with van der Waals surface area (Å²) in [7, 11) is 1.35. The number of hydrogen-bond donors (Lipinski definition) is 2. The number of benzene rings is 1. The number of aryl methyl sites for hydroxylation is 1. The van der Waals surface area contributed by atoms with E-state index in [0.29, 0.717) is 22.4 Å². The number of anilines is 2. The summed E-state index contributed by atoms with van der Waals surface area (Å²) in [5.74, 6) is 0.997. The molecule has 1 amide bonds. The number of ether oxygens (including phenoxy) is 2. The normalized spacial score (nSPS) is 16.0. The van der Waals surface area contributed by atoms with Crippen LogP contribution in [-0.4, -0.2) is 51.2 Å². The maximum absolute atomic E-state index is 12.1. The molecule has 1 atom stereocenters. The average molecular weight is 553 g/mol. The third kappa shape index (κ3) is 8.21.